The number of methoxy groups -OCH3 is 2. The SMILES string of the molecule is COc1cc2cc3c4cccn4c(=O)n3c2cc1OC. The minimum atomic E-state index is -0.0674. The molecule has 0 aliphatic rings. The summed E-state index contributed by atoms with van der Waals surface area (Å²) >= 11 is 0. The van der Waals surface area contributed by atoms with Crippen molar-refractivity contribution in [3.8, 4) is 11.5 Å². The van der Waals surface area contributed by atoms with Gasteiger partial charge in [-0.25, -0.2) is 4.79 Å². The number of benzene rings is 1. The third-order valence-electron chi connectivity index (χ3n) is 3.72. The van der Waals surface area contributed by atoms with Crippen LogP contribution in [-0.2, 0) is 0 Å². The first-order valence-corrected chi connectivity index (χ1v) is 6.24. The highest BCUT2D eigenvalue weighted by Gasteiger charge is 2.16. The first-order valence-electron chi connectivity index (χ1n) is 6.24. The Bertz CT molecular complexity index is 997. The lowest BCUT2D eigenvalue weighted by molar-refractivity contribution is 0.356. The molecule has 100 valence electrons. The molecule has 5 nitrogen and oxygen atoms in total. The molecule has 0 unspecified atom stereocenters. The third-order valence-corrected chi connectivity index (χ3v) is 3.72. The Morgan fingerprint density at radius 3 is 2.45 bits per heavy atom. The van der Waals surface area contributed by atoms with Gasteiger partial charge in [0.1, 0.15) is 0 Å². The quantitative estimate of drug-likeness (QED) is 0.559. The highest BCUT2D eigenvalue weighted by atomic mass is 16.5. The monoisotopic (exact) mass is 268 g/mol. The third kappa shape index (κ3) is 1.19. The summed E-state index contributed by atoms with van der Waals surface area (Å²) in [5, 5.41) is 0.957. The predicted molar refractivity (Wildman–Crippen MR) is 76.4 cm³/mol. The van der Waals surface area contributed by atoms with Crippen molar-refractivity contribution in [2.45, 2.75) is 0 Å². The van der Waals surface area contributed by atoms with Gasteiger partial charge in [0, 0.05) is 17.6 Å². The van der Waals surface area contributed by atoms with Crippen molar-refractivity contribution in [2.75, 3.05) is 14.2 Å². The first kappa shape index (κ1) is 11.2. The number of rotatable bonds is 2. The standard InChI is InChI=1S/C15H12N2O3/c1-19-13-7-9-6-12-10-4-3-5-16(10)15(18)17(12)11(9)8-14(13)20-2/h3-8H,1-2H3. The summed E-state index contributed by atoms with van der Waals surface area (Å²) in [6.07, 6.45) is 1.78. The molecule has 0 aliphatic heterocycles. The minimum absolute atomic E-state index is 0.0674. The van der Waals surface area contributed by atoms with Crippen LogP contribution in [0.3, 0.4) is 0 Å². The van der Waals surface area contributed by atoms with E-state index in [9.17, 15) is 4.79 Å². The van der Waals surface area contributed by atoms with E-state index in [-0.39, 0.29) is 5.69 Å². The molecule has 1 aromatic carbocycles. The van der Waals surface area contributed by atoms with E-state index in [0.29, 0.717) is 11.5 Å². The van der Waals surface area contributed by atoms with Crippen LogP contribution >= 0.6 is 0 Å². The van der Waals surface area contributed by atoms with Gasteiger partial charge in [-0.05, 0) is 24.3 Å². The Morgan fingerprint density at radius 1 is 0.950 bits per heavy atom. The summed E-state index contributed by atoms with van der Waals surface area (Å²) < 4.78 is 14.0. The maximum Gasteiger partial charge on any atom is 0.337 e. The van der Waals surface area contributed by atoms with Crippen molar-refractivity contribution in [2.24, 2.45) is 0 Å². The molecule has 0 spiro atoms. The molecule has 0 bridgehead atoms. The maximum absolute atomic E-state index is 12.4. The van der Waals surface area contributed by atoms with Gasteiger partial charge >= 0.3 is 5.69 Å². The highest BCUT2D eigenvalue weighted by Crippen LogP contribution is 2.34. The second-order valence-electron chi connectivity index (χ2n) is 4.68. The van der Waals surface area contributed by atoms with Crippen LogP contribution in [0.5, 0.6) is 11.5 Å². The van der Waals surface area contributed by atoms with Crippen molar-refractivity contribution in [3.05, 3.63) is 47.0 Å². The van der Waals surface area contributed by atoms with E-state index in [2.05, 4.69) is 0 Å². The van der Waals surface area contributed by atoms with Crippen LogP contribution in [0.15, 0.2) is 41.3 Å². The summed E-state index contributed by atoms with van der Waals surface area (Å²) in [5.41, 5.74) is 2.56. The van der Waals surface area contributed by atoms with Gasteiger partial charge in [0.05, 0.1) is 30.8 Å². The van der Waals surface area contributed by atoms with Crippen LogP contribution in [0, 0.1) is 0 Å². The van der Waals surface area contributed by atoms with Gasteiger partial charge < -0.3 is 9.47 Å². The van der Waals surface area contributed by atoms with Crippen molar-refractivity contribution in [3.63, 3.8) is 0 Å². The van der Waals surface area contributed by atoms with Crippen molar-refractivity contribution in [1.29, 1.82) is 0 Å². The second-order valence-corrected chi connectivity index (χ2v) is 4.68. The first-order chi connectivity index (χ1) is 9.74. The zero-order valence-corrected chi connectivity index (χ0v) is 11.1. The number of nitrogens with zero attached hydrogens (tertiary/aromatic N) is 2. The largest absolute Gasteiger partial charge is 0.493 e. The van der Waals surface area contributed by atoms with E-state index >= 15 is 0 Å². The zero-order valence-electron chi connectivity index (χ0n) is 11.1. The van der Waals surface area contributed by atoms with Crippen LogP contribution in [0.4, 0.5) is 0 Å². The molecule has 5 heteroatoms. The van der Waals surface area contributed by atoms with E-state index in [1.54, 1.807) is 29.2 Å². The molecule has 4 aromatic rings. The number of ether oxygens (including phenoxy) is 2. The van der Waals surface area contributed by atoms with Gasteiger partial charge in [0.25, 0.3) is 0 Å². The molecule has 0 fully saturated rings. The van der Waals surface area contributed by atoms with Gasteiger partial charge in [0.2, 0.25) is 0 Å². The predicted octanol–water partition coefficient (Wildman–Crippen LogP) is 2.16. The fraction of sp³-hybridized carbons (Fsp3) is 0.133. The molecule has 20 heavy (non-hydrogen) atoms. The summed E-state index contributed by atoms with van der Waals surface area (Å²) in [6, 6.07) is 9.52. The summed E-state index contributed by atoms with van der Waals surface area (Å²) in [4.78, 5) is 12.4. The van der Waals surface area contributed by atoms with Crippen molar-refractivity contribution >= 4 is 21.9 Å². The van der Waals surface area contributed by atoms with E-state index < -0.39 is 0 Å². The topological polar surface area (TPSA) is 44.4 Å². The Morgan fingerprint density at radius 2 is 1.70 bits per heavy atom. The van der Waals surface area contributed by atoms with E-state index in [1.807, 2.05) is 30.3 Å². The molecule has 0 saturated carbocycles. The van der Waals surface area contributed by atoms with Crippen molar-refractivity contribution < 1.29 is 9.47 Å². The van der Waals surface area contributed by atoms with Gasteiger partial charge in [-0.3, -0.25) is 8.80 Å². The molecular weight excluding hydrogens is 256 g/mol. The van der Waals surface area contributed by atoms with Crippen LogP contribution < -0.4 is 15.2 Å². The average molecular weight is 268 g/mol. The van der Waals surface area contributed by atoms with Crippen LogP contribution in [0.1, 0.15) is 0 Å². The number of fused-ring (bicyclic) bond motifs is 5. The smallest absolute Gasteiger partial charge is 0.337 e. The number of aromatic nitrogens is 2. The van der Waals surface area contributed by atoms with Crippen LogP contribution in [0.25, 0.3) is 21.9 Å². The number of imidazole rings is 1. The van der Waals surface area contributed by atoms with Gasteiger partial charge in [0.15, 0.2) is 11.5 Å². The Kier molecular flexibility index (Phi) is 2.04. The molecule has 4 rings (SSSR count). The van der Waals surface area contributed by atoms with E-state index in [4.69, 9.17) is 9.47 Å². The minimum Gasteiger partial charge on any atom is -0.493 e. The van der Waals surface area contributed by atoms with Gasteiger partial charge in [-0.15, -0.1) is 0 Å². The van der Waals surface area contributed by atoms with Crippen LogP contribution in [-0.4, -0.2) is 23.0 Å². The Hall–Kier alpha value is -2.69. The fourth-order valence-electron chi connectivity index (χ4n) is 2.79. The second kappa shape index (κ2) is 3.66. The van der Waals surface area contributed by atoms with Gasteiger partial charge in [-0.2, -0.15) is 0 Å². The summed E-state index contributed by atoms with van der Waals surface area (Å²) in [6.45, 7) is 0. The summed E-state index contributed by atoms with van der Waals surface area (Å²) in [7, 11) is 3.19. The molecule has 3 aromatic heterocycles. The molecule has 0 saturated heterocycles. The molecule has 0 N–H and O–H groups in total. The molecule has 0 radical (unpaired) electrons. The number of hydrogen-bond acceptors (Lipinski definition) is 3. The maximum atomic E-state index is 12.4. The fourth-order valence-corrected chi connectivity index (χ4v) is 2.79. The Balaban J connectivity index is 2.24. The zero-order chi connectivity index (χ0) is 13.9. The van der Waals surface area contributed by atoms with Gasteiger partial charge in [-0.1, -0.05) is 0 Å². The van der Waals surface area contributed by atoms with E-state index in [1.165, 1.54) is 0 Å². The number of hydrogen-bond donors (Lipinski definition) is 0. The molecule has 0 aliphatic carbocycles. The molecular formula is C15H12N2O3. The Labute approximate surface area is 113 Å². The molecule has 0 amide bonds. The molecule has 0 atom stereocenters. The lowest BCUT2D eigenvalue weighted by atomic mass is 10.2. The summed E-state index contributed by atoms with van der Waals surface area (Å²) in [5.74, 6) is 1.28. The lowest BCUT2D eigenvalue weighted by Gasteiger charge is -2.07. The van der Waals surface area contributed by atoms with Crippen LogP contribution in [0.2, 0.25) is 0 Å². The normalized spacial score (nSPS) is 11.7. The van der Waals surface area contributed by atoms with E-state index in [0.717, 1.165) is 21.9 Å². The van der Waals surface area contributed by atoms with Crippen molar-refractivity contribution in [1.82, 2.24) is 8.80 Å². The average Bonchev–Trinajstić information content (AvgIpc) is 3.12. The lowest BCUT2D eigenvalue weighted by Crippen LogP contribution is -2.12. The highest BCUT2D eigenvalue weighted by molar-refractivity contribution is 5.95. The molecule has 3 heterocycles.